The molecule has 1 aromatic heterocycles. The number of ether oxygens (including phenoxy) is 1. The van der Waals surface area contributed by atoms with Gasteiger partial charge in [0.05, 0.1) is 0 Å². The molecule has 1 heterocycles. The highest BCUT2D eigenvalue weighted by Gasteiger charge is 2.40. The highest BCUT2D eigenvalue weighted by atomic mass is 16.5. The van der Waals surface area contributed by atoms with Gasteiger partial charge in [-0.05, 0) is 38.0 Å². The second-order valence-electron chi connectivity index (χ2n) is 6.22. The zero-order chi connectivity index (χ0) is 13.5. The van der Waals surface area contributed by atoms with E-state index in [2.05, 4.69) is 11.9 Å². The van der Waals surface area contributed by atoms with E-state index in [1.807, 2.05) is 6.07 Å². The fourth-order valence-electron chi connectivity index (χ4n) is 3.26. The number of anilines is 1. The van der Waals surface area contributed by atoms with E-state index in [4.69, 9.17) is 15.5 Å². The van der Waals surface area contributed by atoms with Crippen LogP contribution in [0, 0.1) is 5.92 Å². The molecule has 2 unspecified atom stereocenters. The van der Waals surface area contributed by atoms with Crippen LogP contribution in [0.4, 0.5) is 5.82 Å². The van der Waals surface area contributed by atoms with Gasteiger partial charge in [-0.2, -0.15) is 0 Å². The largest absolute Gasteiger partial charge is 0.384 e. The Morgan fingerprint density at radius 2 is 2.11 bits per heavy atom. The van der Waals surface area contributed by atoms with Crippen LogP contribution in [0.1, 0.15) is 62.9 Å². The maximum Gasteiger partial charge on any atom is 0.162 e. The lowest BCUT2D eigenvalue weighted by molar-refractivity contribution is -0.0646. The third-order valence-electron chi connectivity index (χ3n) is 4.52. The Bertz CT molecular complexity index is 472. The summed E-state index contributed by atoms with van der Waals surface area (Å²) in [6.07, 6.45) is 6.89. The molecular formula is C15H23N3O. The van der Waals surface area contributed by atoms with Gasteiger partial charge in [0.25, 0.3) is 0 Å². The van der Waals surface area contributed by atoms with Gasteiger partial charge in [-0.3, -0.25) is 0 Å². The molecule has 0 radical (unpaired) electrons. The Labute approximate surface area is 114 Å². The van der Waals surface area contributed by atoms with Crippen molar-refractivity contribution >= 4 is 5.82 Å². The molecule has 0 amide bonds. The quantitative estimate of drug-likeness (QED) is 0.908. The first kappa shape index (κ1) is 12.9. The predicted octanol–water partition coefficient (Wildman–Crippen LogP) is 2.99. The van der Waals surface area contributed by atoms with Gasteiger partial charge in [0.15, 0.2) is 5.82 Å². The molecule has 0 aliphatic heterocycles. The van der Waals surface area contributed by atoms with E-state index in [0.29, 0.717) is 17.7 Å². The van der Waals surface area contributed by atoms with Gasteiger partial charge in [0.2, 0.25) is 0 Å². The monoisotopic (exact) mass is 261 g/mol. The minimum Gasteiger partial charge on any atom is -0.384 e. The van der Waals surface area contributed by atoms with E-state index >= 15 is 0 Å². The first-order chi connectivity index (χ1) is 9.13. The normalized spacial score (nSPS) is 31.4. The van der Waals surface area contributed by atoms with Crippen LogP contribution in [0.5, 0.6) is 0 Å². The van der Waals surface area contributed by atoms with Crippen LogP contribution in [-0.4, -0.2) is 17.1 Å². The molecule has 0 bridgehead atoms. The van der Waals surface area contributed by atoms with Crippen molar-refractivity contribution in [2.45, 2.75) is 57.0 Å². The summed E-state index contributed by atoms with van der Waals surface area (Å²) in [7, 11) is 1.78. The lowest BCUT2D eigenvalue weighted by Gasteiger charge is -2.37. The molecule has 19 heavy (non-hydrogen) atoms. The Morgan fingerprint density at radius 1 is 1.32 bits per heavy atom. The highest BCUT2D eigenvalue weighted by Crippen LogP contribution is 2.43. The van der Waals surface area contributed by atoms with Gasteiger partial charge in [0, 0.05) is 24.8 Å². The van der Waals surface area contributed by atoms with Crippen molar-refractivity contribution in [1.29, 1.82) is 0 Å². The second-order valence-corrected chi connectivity index (χ2v) is 6.22. The summed E-state index contributed by atoms with van der Waals surface area (Å²) >= 11 is 0. The third-order valence-corrected chi connectivity index (χ3v) is 4.52. The Kier molecular flexibility index (Phi) is 3.21. The molecule has 2 atom stereocenters. The standard InChI is InChI=1S/C15H23N3O/c1-10-4-3-7-15(9-10,19-2)14-17-12(11-5-6-11)8-13(16)18-14/h8,10-11H,3-7,9H2,1-2H3,(H2,16,17,18). The topological polar surface area (TPSA) is 61.0 Å². The number of aromatic nitrogens is 2. The number of rotatable bonds is 3. The van der Waals surface area contributed by atoms with Gasteiger partial charge in [-0.15, -0.1) is 0 Å². The molecule has 1 aromatic rings. The lowest BCUT2D eigenvalue weighted by atomic mass is 9.78. The van der Waals surface area contributed by atoms with Crippen molar-refractivity contribution < 1.29 is 4.74 Å². The third kappa shape index (κ3) is 2.46. The first-order valence-electron chi connectivity index (χ1n) is 7.33. The van der Waals surface area contributed by atoms with Crippen LogP contribution in [0.3, 0.4) is 0 Å². The van der Waals surface area contributed by atoms with E-state index in [-0.39, 0.29) is 5.60 Å². The van der Waals surface area contributed by atoms with E-state index in [1.54, 1.807) is 7.11 Å². The fourth-order valence-corrected chi connectivity index (χ4v) is 3.26. The Balaban J connectivity index is 1.98. The van der Waals surface area contributed by atoms with Crippen LogP contribution >= 0.6 is 0 Å². The molecule has 0 saturated heterocycles. The van der Waals surface area contributed by atoms with Crippen LogP contribution in [-0.2, 0) is 10.3 Å². The summed E-state index contributed by atoms with van der Waals surface area (Å²) in [5.74, 6) is 2.65. The predicted molar refractivity (Wildman–Crippen MR) is 74.7 cm³/mol. The maximum atomic E-state index is 5.97. The molecular weight excluding hydrogens is 238 g/mol. The summed E-state index contributed by atoms with van der Waals surface area (Å²) in [5.41, 5.74) is 6.76. The van der Waals surface area contributed by atoms with Gasteiger partial charge in [0.1, 0.15) is 11.4 Å². The number of methoxy groups -OCH3 is 1. The summed E-state index contributed by atoms with van der Waals surface area (Å²) in [4.78, 5) is 9.27. The smallest absolute Gasteiger partial charge is 0.162 e. The molecule has 2 aliphatic carbocycles. The average molecular weight is 261 g/mol. The van der Waals surface area contributed by atoms with E-state index in [1.165, 1.54) is 25.7 Å². The van der Waals surface area contributed by atoms with Crippen molar-refractivity contribution in [3.8, 4) is 0 Å². The number of hydrogen-bond acceptors (Lipinski definition) is 4. The molecule has 104 valence electrons. The Morgan fingerprint density at radius 3 is 2.74 bits per heavy atom. The van der Waals surface area contributed by atoms with Crippen molar-refractivity contribution in [2.24, 2.45) is 5.92 Å². The van der Waals surface area contributed by atoms with Crippen LogP contribution in [0.25, 0.3) is 0 Å². The second kappa shape index (κ2) is 4.75. The zero-order valence-corrected chi connectivity index (χ0v) is 11.9. The lowest BCUT2D eigenvalue weighted by Crippen LogP contribution is -2.36. The van der Waals surface area contributed by atoms with Gasteiger partial charge in [-0.25, -0.2) is 9.97 Å². The molecule has 3 rings (SSSR count). The summed E-state index contributed by atoms with van der Waals surface area (Å²) in [5, 5.41) is 0. The molecule has 0 aromatic carbocycles. The van der Waals surface area contributed by atoms with Gasteiger partial charge < -0.3 is 10.5 Å². The van der Waals surface area contributed by atoms with Crippen LogP contribution in [0.15, 0.2) is 6.07 Å². The van der Waals surface area contributed by atoms with Crippen molar-refractivity contribution in [2.75, 3.05) is 12.8 Å². The van der Waals surface area contributed by atoms with Crippen molar-refractivity contribution in [3.05, 3.63) is 17.6 Å². The van der Waals surface area contributed by atoms with Crippen molar-refractivity contribution in [3.63, 3.8) is 0 Å². The number of nitrogens with two attached hydrogens (primary N) is 1. The molecule has 2 N–H and O–H groups in total. The highest BCUT2D eigenvalue weighted by molar-refractivity contribution is 5.34. The summed E-state index contributed by atoms with van der Waals surface area (Å²) < 4.78 is 5.86. The Hall–Kier alpha value is -1.16. The van der Waals surface area contributed by atoms with E-state index < -0.39 is 0 Å². The molecule has 2 fully saturated rings. The van der Waals surface area contributed by atoms with Crippen molar-refractivity contribution in [1.82, 2.24) is 9.97 Å². The molecule has 2 saturated carbocycles. The molecule has 0 spiro atoms. The minimum absolute atomic E-state index is 0.323. The SMILES string of the molecule is COC1(c2nc(N)cc(C3CC3)n2)CCCC(C)C1. The van der Waals surface area contributed by atoms with E-state index in [9.17, 15) is 0 Å². The zero-order valence-electron chi connectivity index (χ0n) is 11.9. The summed E-state index contributed by atoms with van der Waals surface area (Å²) in [6, 6.07) is 1.93. The van der Waals surface area contributed by atoms with Crippen LogP contribution in [0.2, 0.25) is 0 Å². The maximum absolute atomic E-state index is 5.97. The number of hydrogen-bond donors (Lipinski definition) is 1. The first-order valence-corrected chi connectivity index (χ1v) is 7.33. The molecule has 4 nitrogen and oxygen atoms in total. The van der Waals surface area contributed by atoms with E-state index in [0.717, 1.165) is 24.4 Å². The molecule has 2 aliphatic rings. The minimum atomic E-state index is -0.323. The fraction of sp³-hybridized carbons (Fsp3) is 0.733. The molecule has 4 heteroatoms. The number of nitrogens with zero attached hydrogens (tertiary/aromatic N) is 2. The van der Waals surface area contributed by atoms with Crippen LogP contribution < -0.4 is 5.73 Å². The van der Waals surface area contributed by atoms with Gasteiger partial charge in [-0.1, -0.05) is 13.3 Å². The number of nitrogen functional groups attached to an aromatic ring is 1. The van der Waals surface area contributed by atoms with Gasteiger partial charge >= 0.3 is 0 Å². The average Bonchev–Trinajstić information content (AvgIpc) is 3.22. The summed E-state index contributed by atoms with van der Waals surface area (Å²) in [6.45, 7) is 2.28.